The van der Waals surface area contributed by atoms with Gasteiger partial charge in [0.25, 0.3) is 0 Å². The summed E-state index contributed by atoms with van der Waals surface area (Å²) in [7, 11) is 0. The predicted octanol–water partition coefficient (Wildman–Crippen LogP) is 1.87. The van der Waals surface area contributed by atoms with E-state index in [4.69, 9.17) is 4.74 Å². The molecule has 0 aromatic heterocycles. The Kier molecular flexibility index (Phi) is 6.52. The van der Waals surface area contributed by atoms with Crippen LogP contribution in [0, 0.1) is 5.92 Å². The van der Waals surface area contributed by atoms with Crippen molar-refractivity contribution in [2.45, 2.75) is 39.4 Å². The van der Waals surface area contributed by atoms with Crippen LogP contribution < -0.4 is 0 Å². The van der Waals surface area contributed by atoms with Gasteiger partial charge in [-0.05, 0) is 12.5 Å². The number of benzene rings is 1. The average molecular weight is 294 g/mol. The fraction of sp³-hybridized carbons (Fsp3) is 0.500. The molecule has 5 heteroatoms. The summed E-state index contributed by atoms with van der Waals surface area (Å²) in [5.41, 5.74) is 1.01. The van der Waals surface area contributed by atoms with E-state index in [1.165, 1.54) is 0 Å². The third-order valence-corrected chi connectivity index (χ3v) is 3.11. The van der Waals surface area contributed by atoms with E-state index < -0.39 is 18.2 Å². The van der Waals surface area contributed by atoms with E-state index in [1.54, 1.807) is 31.2 Å². The minimum atomic E-state index is -1.24. The first kappa shape index (κ1) is 17.3. The Balaban J connectivity index is 2.72. The van der Waals surface area contributed by atoms with E-state index in [-0.39, 0.29) is 24.7 Å². The number of carbonyl (C=O) groups is 2. The Morgan fingerprint density at radius 1 is 1.14 bits per heavy atom. The molecule has 0 saturated heterocycles. The van der Waals surface area contributed by atoms with Crippen LogP contribution in [-0.2, 0) is 9.53 Å². The molecule has 0 saturated carbocycles. The van der Waals surface area contributed by atoms with Crippen molar-refractivity contribution < 1.29 is 24.5 Å². The summed E-state index contributed by atoms with van der Waals surface area (Å²) in [4.78, 5) is 23.1. The number of rotatable bonds is 7. The van der Waals surface area contributed by atoms with E-state index in [1.807, 2.05) is 13.8 Å². The van der Waals surface area contributed by atoms with Gasteiger partial charge in [0.05, 0.1) is 19.1 Å². The van der Waals surface area contributed by atoms with Gasteiger partial charge in [-0.3, -0.25) is 9.59 Å². The maximum Gasteiger partial charge on any atom is 0.308 e. The summed E-state index contributed by atoms with van der Waals surface area (Å²) < 4.78 is 4.72. The molecule has 0 aliphatic carbocycles. The van der Waals surface area contributed by atoms with Gasteiger partial charge >= 0.3 is 5.97 Å². The second-order valence-corrected chi connectivity index (χ2v) is 5.16. The monoisotopic (exact) mass is 294 g/mol. The summed E-state index contributed by atoms with van der Waals surface area (Å²) in [5, 5.41) is 19.8. The number of aliphatic hydroxyl groups excluding tert-OH is 2. The zero-order valence-electron chi connectivity index (χ0n) is 12.6. The molecule has 116 valence electrons. The zero-order valence-corrected chi connectivity index (χ0v) is 12.6. The molecule has 0 amide bonds. The molecule has 0 aliphatic rings. The number of ketones is 1. The highest BCUT2D eigenvalue weighted by atomic mass is 16.5. The van der Waals surface area contributed by atoms with Crippen molar-refractivity contribution in [2.24, 2.45) is 5.92 Å². The molecule has 0 radical (unpaired) electrons. The number of hydrogen-bond donors (Lipinski definition) is 2. The van der Waals surface area contributed by atoms with Crippen molar-refractivity contribution in [3.63, 3.8) is 0 Å². The number of carbonyl (C=O) groups excluding carboxylic acids is 2. The molecule has 21 heavy (non-hydrogen) atoms. The summed E-state index contributed by atoms with van der Waals surface area (Å²) in [6, 6.07) is 6.37. The topological polar surface area (TPSA) is 83.8 Å². The first-order valence-electron chi connectivity index (χ1n) is 7.02. The highest BCUT2D eigenvalue weighted by molar-refractivity contribution is 5.97. The lowest BCUT2D eigenvalue weighted by atomic mass is 9.97. The highest BCUT2D eigenvalue weighted by Crippen LogP contribution is 2.20. The van der Waals surface area contributed by atoms with Crippen LogP contribution in [0.15, 0.2) is 24.3 Å². The first-order chi connectivity index (χ1) is 9.86. The van der Waals surface area contributed by atoms with Gasteiger partial charge in [0.15, 0.2) is 5.78 Å². The van der Waals surface area contributed by atoms with Crippen LogP contribution in [0.5, 0.6) is 0 Å². The van der Waals surface area contributed by atoms with Crippen LogP contribution in [0.1, 0.15) is 49.2 Å². The third-order valence-electron chi connectivity index (χ3n) is 3.11. The number of aliphatic hydroxyl groups is 2. The lowest BCUT2D eigenvalue weighted by Crippen LogP contribution is -2.23. The largest absolute Gasteiger partial charge is 0.466 e. The van der Waals surface area contributed by atoms with Crippen molar-refractivity contribution in [3.05, 3.63) is 35.4 Å². The van der Waals surface area contributed by atoms with Gasteiger partial charge in [-0.15, -0.1) is 0 Å². The van der Waals surface area contributed by atoms with Gasteiger partial charge in [0, 0.05) is 11.5 Å². The Labute approximate surface area is 124 Å². The minimum absolute atomic E-state index is 0.0168. The minimum Gasteiger partial charge on any atom is -0.466 e. The summed E-state index contributed by atoms with van der Waals surface area (Å²) in [5.74, 6) is -0.644. The normalized spacial score (nSPS) is 13.8. The van der Waals surface area contributed by atoms with Crippen molar-refractivity contribution in [1.82, 2.24) is 0 Å². The number of hydrogen-bond acceptors (Lipinski definition) is 5. The van der Waals surface area contributed by atoms with E-state index in [2.05, 4.69) is 0 Å². The first-order valence-corrected chi connectivity index (χ1v) is 7.02. The molecule has 0 bridgehead atoms. The molecule has 2 unspecified atom stereocenters. The molecule has 0 aliphatic heterocycles. The lowest BCUT2D eigenvalue weighted by Gasteiger charge is -2.17. The fourth-order valence-electron chi connectivity index (χ4n) is 1.90. The number of Topliss-reactive ketones (excluding diaryl/α,β-unsaturated/α-hetero) is 1. The predicted molar refractivity (Wildman–Crippen MR) is 77.8 cm³/mol. The summed E-state index contributed by atoms with van der Waals surface area (Å²) >= 11 is 0. The summed E-state index contributed by atoms with van der Waals surface area (Å²) in [6.07, 6.45) is -2.71. The van der Waals surface area contributed by atoms with Gasteiger partial charge in [-0.25, -0.2) is 0 Å². The second kappa shape index (κ2) is 7.90. The molecule has 0 spiro atoms. The van der Waals surface area contributed by atoms with E-state index in [0.29, 0.717) is 11.1 Å². The fourth-order valence-corrected chi connectivity index (χ4v) is 1.90. The Morgan fingerprint density at radius 2 is 1.71 bits per heavy atom. The van der Waals surface area contributed by atoms with Crippen molar-refractivity contribution in [2.75, 3.05) is 6.61 Å². The average Bonchev–Trinajstić information content (AvgIpc) is 2.45. The zero-order chi connectivity index (χ0) is 16.0. The second-order valence-electron chi connectivity index (χ2n) is 5.16. The van der Waals surface area contributed by atoms with E-state index in [9.17, 15) is 19.8 Å². The molecule has 5 nitrogen and oxygen atoms in total. The SMILES string of the molecule is CCOC(=O)CC(O)C(O)c1ccc(C(=O)C(C)C)cc1. The van der Waals surface area contributed by atoms with Gasteiger partial charge in [0.2, 0.25) is 0 Å². The van der Waals surface area contributed by atoms with Gasteiger partial charge in [0.1, 0.15) is 6.10 Å². The van der Waals surface area contributed by atoms with Crippen LogP contribution in [0.2, 0.25) is 0 Å². The van der Waals surface area contributed by atoms with Crippen molar-refractivity contribution in [1.29, 1.82) is 0 Å². The Bertz CT molecular complexity index is 478. The smallest absolute Gasteiger partial charge is 0.308 e. The van der Waals surface area contributed by atoms with Crippen LogP contribution in [0.3, 0.4) is 0 Å². The Morgan fingerprint density at radius 3 is 2.19 bits per heavy atom. The molecular formula is C16H22O5. The highest BCUT2D eigenvalue weighted by Gasteiger charge is 2.22. The molecule has 1 rings (SSSR count). The maximum atomic E-state index is 11.8. The van der Waals surface area contributed by atoms with E-state index in [0.717, 1.165) is 0 Å². The Hall–Kier alpha value is -1.72. The lowest BCUT2D eigenvalue weighted by molar-refractivity contribution is -0.147. The van der Waals surface area contributed by atoms with Gasteiger partial charge in [-0.2, -0.15) is 0 Å². The van der Waals surface area contributed by atoms with Crippen LogP contribution in [-0.4, -0.2) is 34.7 Å². The van der Waals surface area contributed by atoms with E-state index >= 15 is 0 Å². The molecular weight excluding hydrogens is 272 g/mol. The van der Waals surface area contributed by atoms with Crippen LogP contribution >= 0.6 is 0 Å². The quantitative estimate of drug-likeness (QED) is 0.592. The van der Waals surface area contributed by atoms with Gasteiger partial charge in [-0.1, -0.05) is 38.1 Å². The van der Waals surface area contributed by atoms with Gasteiger partial charge < -0.3 is 14.9 Å². The molecule has 1 aromatic carbocycles. The molecule has 1 aromatic rings. The summed E-state index contributed by atoms with van der Waals surface area (Å²) in [6.45, 7) is 5.53. The van der Waals surface area contributed by atoms with Crippen LogP contribution in [0.25, 0.3) is 0 Å². The number of esters is 1. The standard InChI is InChI=1S/C16H22O5/c1-4-21-14(18)9-13(17)16(20)12-7-5-11(6-8-12)15(19)10(2)3/h5-8,10,13,16-17,20H,4,9H2,1-3H3. The van der Waals surface area contributed by atoms with Crippen molar-refractivity contribution >= 4 is 11.8 Å². The molecule has 0 heterocycles. The number of ether oxygens (including phenoxy) is 1. The third kappa shape index (κ3) is 4.95. The van der Waals surface area contributed by atoms with Crippen LogP contribution in [0.4, 0.5) is 0 Å². The maximum absolute atomic E-state index is 11.8. The molecule has 2 atom stereocenters. The molecule has 0 fully saturated rings. The molecule has 2 N–H and O–H groups in total. The van der Waals surface area contributed by atoms with Crippen molar-refractivity contribution in [3.8, 4) is 0 Å².